The van der Waals surface area contributed by atoms with Crippen LogP contribution < -0.4 is 10.6 Å². The Hall–Kier alpha value is -1.85. The molecule has 0 aromatic heterocycles. The van der Waals surface area contributed by atoms with E-state index in [1.165, 1.54) is 0 Å². The number of carbonyl (C=O) groups is 1. The van der Waals surface area contributed by atoms with Crippen molar-refractivity contribution in [1.29, 1.82) is 0 Å². The molecule has 0 heterocycles. The summed E-state index contributed by atoms with van der Waals surface area (Å²) in [6, 6.07) is 8.93. The summed E-state index contributed by atoms with van der Waals surface area (Å²) in [5, 5.41) is 24.2. The molecule has 0 saturated carbocycles. The summed E-state index contributed by atoms with van der Waals surface area (Å²) in [5.74, 6) is 0. The van der Waals surface area contributed by atoms with Gasteiger partial charge in [-0.05, 0) is 12.0 Å². The van der Waals surface area contributed by atoms with Gasteiger partial charge in [-0.25, -0.2) is 4.79 Å². The fraction of sp³-hybridized carbons (Fsp3) is 0.357. The predicted molar refractivity (Wildman–Crippen MR) is 74.2 cm³/mol. The molecule has 0 aliphatic carbocycles. The van der Waals surface area contributed by atoms with Gasteiger partial charge >= 0.3 is 6.09 Å². The molecule has 4 N–H and O–H groups in total. The van der Waals surface area contributed by atoms with Gasteiger partial charge in [0.2, 0.25) is 0 Å². The van der Waals surface area contributed by atoms with E-state index >= 15 is 0 Å². The first-order chi connectivity index (χ1) is 9.13. The van der Waals surface area contributed by atoms with Gasteiger partial charge in [0.05, 0.1) is 12.1 Å². The summed E-state index contributed by atoms with van der Waals surface area (Å²) >= 11 is 0. The number of hydrogen-bond donors (Lipinski definition) is 4. The van der Waals surface area contributed by atoms with Crippen molar-refractivity contribution in [3.05, 3.63) is 48.6 Å². The highest BCUT2D eigenvalue weighted by Gasteiger charge is 2.21. The van der Waals surface area contributed by atoms with Crippen molar-refractivity contribution < 1.29 is 15.0 Å². The molecule has 5 heteroatoms. The van der Waals surface area contributed by atoms with Crippen molar-refractivity contribution in [3.8, 4) is 0 Å². The molecule has 0 radical (unpaired) electrons. The number of amides is 1. The van der Waals surface area contributed by atoms with E-state index in [0.29, 0.717) is 19.5 Å². The third-order valence-electron chi connectivity index (χ3n) is 2.71. The summed E-state index contributed by atoms with van der Waals surface area (Å²) in [4.78, 5) is 10.8. The first kappa shape index (κ1) is 15.2. The van der Waals surface area contributed by atoms with Crippen LogP contribution >= 0.6 is 0 Å². The van der Waals surface area contributed by atoms with Gasteiger partial charge in [0.1, 0.15) is 0 Å². The summed E-state index contributed by atoms with van der Waals surface area (Å²) < 4.78 is 0. The lowest BCUT2D eigenvalue weighted by Crippen LogP contribution is -2.48. The van der Waals surface area contributed by atoms with Gasteiger partial charge in [0.15, 0.2) is 0 Å². The Morgan fingerprint density at radius 2 is 2.05 bits per heavy atom. The molecule has 0 bridgehead atoms. The maximum Gasteiger partial charge on any atom is 0.404 e. The van der Waals surface area contributed by atoms with Crippen molar-refractivity contribution in [2.24, 2.45) is 0 Å². The molecule has 0 spiro atoms. The van der Waals surface area contributed by atoms with Gasteiger partial charge in [0, 0.05) is 13.1 Å². The zero-order valence-corrected chi connectivity index (χ0v) is 10.7. The van der Waals surface area contributed by atoms with Gasteiger partial charge in [-0.3, -0.25) is 0 Å². The molecule has 19 heavy (non-hydrogen) atoms. The average Bonchev–Trinajstić information content (AvgIpc) is 2.39. The highest BCUT2D eigenvalue weighted by molar-refractivity contribution is 5.65. The molecular weight excluding hydrogens is 244 g/mol. The maximum absolute atomic E-state index is 10.8. The van der Waals surface area contributed by atoms with Gasteiger partial charge in [-0.1, -0.05) is 36.4 Å². The van der Waals surface area contributed by atoms with Crippen LogP contribution in [0.1, 0.15) is 5.56 Å². The highest BCUT2D eigenvalue weighted by atomic mass is 16.4. The molecule has 1 amide bonds. The number of carboxylic acid groups (broad SMARTS) is 1. The molecular formula is C14H20N2O3. The van der Waals surface area contributed by atoms with E-state index in [2.05, 4.69) is 17.2 Å². The van der Waals surface area contributed by atoms with Crippen LogP contribution in [-0.4, -0.2) is 41.5 Å². The zero-order chi connectivity index (χ0) is 14.1. The molecule has 0 saturated heterocycles. The molecule has 1 aromatic rings. The lowest BCUT2D eigenvalue weighted by molar-refractivity contribution is 0.119. The van der Waals surface area contributed by atoms with E-state index in [0.717, 1.165) is 5.56 Å². The van der Waals surface area contributed by atoms with Crippen LogP contribution in [0, 0.1) is 0 Å². The van der Waals surface area contributed by atoms with E-state index in [4.69, 9.17) is 5.11 Å². The third kappa shape index (κ3) is 6.03. The first-order valence-electron chi connectivity index (χ1n) is 6.16. The minimum Gasteiger partial charge on any atom is -0.465 e. The lowest BCUT2D eigenvalue weighted by Gasteiger charge is -2.23. The Labute approximate surface area is 113 Å². The smallest absolute Gasteiger partial charge is 0.404 e. The van der Waals surface area contributed by atoms with Crippen LogP contribution in [0.2, 0.25) is 0 Å². The molecule has 1 rings (SSSR count). The Morgan fingerprint density at radius 1 is 1.37 bits per heavy atom. The van der Waals surface area contributed by atoms with Gasteiger partial charge in [-0.2, -0.15) is 0 Å². The molecule has 0 aliphatic rings. The van der Waals surface area contributed by atoms with E-state index in [9.17, 15) is 9.90 Å². The van der Waals surface area contributed by atoms with Crippen LogP contribution in [-0.2, 0) is 6.42 Å². The Balaban J connectivity index is 2.60. The summed E-state index contributed by atoms with van der Waals surface area (Å²) in [6.45, 7) is 4.45. The zero-order valence-electron chi connectivity index (χ0n) is 10.7. The normalized spacial score (nSPS) is 13.5. The number of rotatable bonds is 8. The second kappa shape index (κ2) is 8.29. The fourth-order valence-electron chi connectivity index (χ4n) is 1.79. The molecule has 1 unspecified atom stereocenters. The number of benzene rings is 1. The van der Waals surface area contributed by atoms with Crippen molar-refractivity contribution >= 4 is 6.09 Å². The summed E-state index contributed by atoms with van der Waals surface area (Å²) in [7, 11) is 0. The molecule has 1 aromatic carbocycles. The van der Waals surface area contributed by atoms with Gasteiger partial charge in [-0.15, -0.1) is 6.58 Å². The van der Waals surface area contributed by atoms with Crippen LogP contribution in [0.4, 0.5) is 4.79 Å². The number of hydrogen-bond acceptors (Lipinski definition) is 3. The maximum atomic E-state index is 10.8. The van der Waals surface area contributed by atoms with Crippen LogP contribution in [0.25, 0.3) is 0 Å². The summed E-state index contributed by atoms with van der Waals surface area (Å²) in [6.07, 6.45) is 0.202. The van der Waals surface area contributed by atoms with E-state index < -0.39 is 18.2 Å². The van der Waals surface area contributed by atoms with Crippen LogP contribution in [0.5, 0.6) is 0 Å². The number of aliphatic hydroxyl groups is 1. The Bertz CT molecular complexity index is 395. The number of nitrogens with one attached hydrogen (secondary N) is 2. The third-order valence-corrected chi connectivity index (χ3v) is 2.71. The molecule has 5 nitrogen and oxygen atoms in total. The average molecular weight is 264 g/mol. The van der Waals surface area contributed by atoms with Crippen molar-refractivity contribution in [2.75, 3.05) is 13.1 Å². The quantitative estimate of drug-likeness (QED) is 0.417. The monoisotopic (exact) mass is 264 g/mol. The first-order valence-corrected chi connectivity index (χ1v) is 6.16. The van der Waals surface area contributed by atoms with Crippen molar-refractivity contribution in [3.63, 3.8) is 0 Å². The van der Waals surface area contributed by atoms with Crippen LogP contribution in [0.3, 0.4) is 0 Å². The molecule has 104 valence electrons. The van der Waals surface area contributed by atoms with Crippen LogP contribution in [0.15, 0.2) is 43.0 Å². The minimum atomic E-state index is -1.14. The van der Waals surface area contributed by atoms with Gasteiger partial charge < -0.3 is 20.8 Å². The second-order valence-electron chi connectivity index (χ2n) is 4.26. The largest absolute Gasteiger partial charge is 0.465 e. The van der Waals surface area contributed by atoms with E-state index in [-0.39, 0.29) is 0 Å². The van der Waals surface area contributed by atoms with Crippen molar-refractivity contribution in [2.45, 2.75) is 18.6 Å². The minimum absolute atomic E-state index is 0.309. The predicted octanol–water partition coefficient (Wildman–Crippen LogP) is 1.00. The lowest BCUT2D eigenvalue weighted by atomic mass is 10.0. The second-order valence-corrected chi connectivity index (χ2v) is 4.26. The molecule has 0 aliphatic heterocycles. The molecule has 2 atom stereocenters. The van der Waals surface area contributed by atoms with E-state index in [1.54, 1.807) is 6.08 Å². The molecule has 0 fully saturated rings. The highest BCUT2D eigenvalue weighted by Crippen LogP contribution is 2.06. The fourth-order valence-corrected chi connectivity index (χ4v) is 1.79. The van der Waals surface area contributed by atoms with Crippen molar-refractivity contribution in [1.82, 2.24) is 10.6 Å². The Morgan fingerprint density at radius 3 is 2.63 bits per heavy atom. The number of aliphatic hydroxyl groups excluding tert-OH is 1. The SMILES string of the molecule is C=CCNC[C@H](O)C(Cc1ccccc1)NC(=O)O. The van der Waals surface area contributed by atoms with Gasteiger partial charge in [0.25, 0.3) is 0 Å². The summed E-state index contributed by atoms with van der Waals surface area (Å²) in [5.41, 5.74) is 0.976. The standard InChI is InChI=1S/C14H20N2O3/c1-2-8-15-10-13(17)12(16-14(18)19)9-11-6-4-3-5-7-11/h2-7,12-13,15-17H,1,8-10H2,(H,18,19)/t12?,13-/m0/s1. The topological polar surface area (TPSA) is 81.6 Å². The van der Waals surface area contributed by atoms with E-state index in [1.807, 2.05) is 30.3 Å². The Kier molecular flexibility index (Phi) is 6.63.